The molecule has 0 unspecified atom stereocenters. The van der Waals surface area contributed by atoms with E-state index in [1.807, 2.05) is 0 Å². The van der Waals surface area contributed by atoms with Gasteiger partial charge >= 0.3 is 5.97 Å². The largest absolute Gasteiger partial charge is 0.478 e. The van der Waals surface area contributed by atoms with Crippen molar-refractivity contribution in [3.05, 3.63) is 58.6 Å². The standard InChI is InChI=1S/C14H12ClNO4S/c1-9-10(14(17)18)5-4-7-12(9)16-21(19,20)13-8-3-2-6-11(13)15/h2-8,16H,1H3,(H,17,18). The maximum Gasteiger partial charge on any atom is 0.336 e. The Kier molecular flexibility index (Phi) is 4.20. The van der Waals surface area contributed by atoms with Gasteiger partial charge in [0.05, 0.1) is 16.3 Å². The highest BCUT2D eigenvalue weighted by Crippen LogP contribution is 2.26. The van der Waals surface area contributed by atoms with Gasteiger partial charge in [0.15, 0.2) is 0 Å². The van der Waals surface area contributed by atoms with E-state index in [4.69, 9.17) is 16.7 Å². The summed E-state index contributed by atoms with van der Waals surface area (Å²) >= 11 is 5.88. The van der Waals surface area contributed by atoms with E-state index in [9.17, 15) is 13.2 Å². The lowest BCUT2D eigenvalue weighted by Crippen LogP contribution is -2.15. The van der Waals surface area contributed by atoms with Gasteiger partial charge in [-0.25, -0.2) is 13.2 Å². The molecule has 0 spiro atoms. The molecule has 2 N–H and O–H groups in total. The zero-order valence-electron chi connectivity index (χ0n) is 11.0. The molecule has 2 aromatic carbocycles. The molecule has 21 heavy (non-hydrogen) atoms. The van der Waals surface area contributed by atoms with Crippen LogP contribution >= 0.6 is 11.6 Å². The fourth-order valence-electron chi connectivity index (χ4n) is 1.84. The molecule has 0 saturated carbocycles. The Morgan fingerprint density at radius 3 is 2.43 bits per heavy atom. The Morgan fingerprint density at radius 2 is 1.81 bits per heavy atom. The molecule has 110 valence electrons. The van der Waals surface area contributed by atoms with Crippen LogP contribution in [0.3, 0.4) is 0 Å². The van der Waals surface area contributed by atoms with Crippen molar-refractivity contribution in [2.75, 3.05) is 4.72 Å². The summed E-state index contributed by atoms with van der Waals surface area (Å²) in [6.45, 7) is 1.54. The fourth-order valence-corrected chi connectivity index (χ4v) is 3.48. The number of carboxylic acid groups (broad SMARTS) is 1. The molecule has 2 aromatic rings. The van der Waals surface area contributed by atoms with Crippen LogP contribution in [-0.2, 0) is 10.0 Å². The van der Waals surface area contributed by atoms with Crippen LogP contribution in [0.15, 0.2) is 47.4 Å². The van der Waals surface area contributed by atoms with E-state index >= 15 is 0 Å². The minimum absolute atomic E-state index is 0.0364. The van der Waals surface area contributed by atoms with Gasteiger partial charge in [-0.3, -0.25) is 4.72 Å². The van der Waals surface area contributed by atoms with Gasteiger partial charge < -0.3 is 5.11 Å². The highest BCUT2D eigenvalue weighted by molar-refractivity contribution is 7.92. The number of aromatic carboxylic acids is 1. The van der Waals surface area contributed by atoms with Gasteiger partial charge in [-0.1, -0.05) is 29.8 Å². The van der Waals surface area contributed by atoms with Crippen LogP contribution < -0.4 is 4.72 Å². The van der Waals surface area contributed by atoms with Gasteiger partial charge in [0.25, 0.3) is 10.0 Å². The molecule has 0 fully saturated rings. The maximum absolute atomic E-state index is 12.3. The average molecular weight is 326 g/mol. The van der Waals surface area contributed by atoms with Gasteiger partial charge in [-0.2, -0.15) is 0 Å². The third-order valence-corrected chi connectivity index (χ3v) is 4.80. The molecular formula is C14H12ClNO4S. The number of carboxylic acids is 1. The first-order valence-corrected chi connectivity index (χ1v) is 7.79. The minimum atomic E-state index is -3.88. The van der Waals surface area contributed by atoms with E-state index in [0.29, 0.717) is 5.56 Å². The smallest absolute Gasteiger partial charge is 0.336 e. The third-order valence-electron chi connectivity index (χ3n) is 2.93. The lowest BCUT2D eigenvalue weighted by atomic mass is 10.1. The number of benzene rings is 2. The van der Waals surface area contributed by atoms with Crippen molar-refractivity contribution in [3.8, 4) is 0 Å². The number of halogens is 1. The molecule has 0 heterocycles. The van der Waals surface area contributed by atoms with Crippen LogP contribution in [0.1, 0.15) is 15.9 Å². The first kappa shape index (κ1) is 15.3. The van der Waals surface area contributed by atoms with Crippen LogP contribution in [-0.4, -0.2) is 19.5 Å². The number of nitrogens with one attached hydrogen (secondary N) is 1. The Labute approximate surface area is 127 Å². The molecule has 0 aromatic heterocycles. The lowest BCUT2D eigenvalue weighted by molar-refractivity contribution is 0.0696. The molecule has 0 atom stereocenters. The topological polar surface area (TPSA) is 83.5 Å². The number of hydrogen-bond donors (Lipinski definition) is 2. The van der Waals surface area contributed by atoms with E-state index < -0.39 is 16.0 Å². The second-order valence-corrected chi connectivity index (χ2v) is 6.38. The molecule has 0 radical (unpaired) electrons. The van der Waals surface area contributed by atoms with Crippen LogP contribution in [0.5, 0.6) is 0 Å². The zero-order valence-corrected chi connectivity index (χ0v) is 12.6. The van der Waals surface area contributed by atoms with E-state index in [1.165, 1.54) is 37.3 Å². The summed E-state index contributed by atoms with van der Waals surface area (Å²) in [5.74, 6) is -1.12. The SMILES string of the molecule is Cc1c(NS(=O)(=O)c2ccccc2Cl)cccc1C(=O)O. The van der Waals surface area contributed by atoms with E-state index in [2.05, 4.69) is 4.72 Å². The summed E-state index contributed by atoms with van der Waals surface area (Å²) < 4.78 is 27.0. The van der Waals surface area contributed by atoms with Crippen molar-refractivity contribution < 1.29 is 18.3 Å². The van der Waals surface area contributed by atoms with E-state index in [-0.39, 0.29) is 21.2 Å². The normalized spacial score (nSPS) is 11.1. The summed E-state index contributed by atoms with van der Waals surface area (Å²) in [5.41, 5.74) is 0.574. The molecule has 0 aliphatic rings. The summed E-state index contributed by atoms with van der Waals surface area (Å²) in [6, 6.07) is 10.4. The van der Waals surface area contributed by atoms with Gasteiger partial charge in [-0.15, -0.1) is 0 Å². The predicted molar refractivity (Wildman–Crippen MR) is 80.4 cm³/mol. The molecular weight excluding hydrogens is 314 g/mol. The van der Waals surface area contributed by atoms with Crippen LogP contribution in [0.25, 0.3) is 0 Å². The molecule has 0 amide bonds. The summed E-state index contributed by atoms with van der Waals surface area (Å²) in [5, 5.41) is 9.15. The highest BCUT2D eigenvalue weighted by Gasteiger charge is 2.19. The van der Waals surface area contributed by atoms with Crippen LogP contribution in [0, 0.1) is 6.92 Å². The van der Waals surface area contributed by atoms with Gasteiger partial charge in [0.2, 0.25) is 0 Å². The van der Waals surface area contributed by atoms with Crippen molar-refractivity contribution in [2.45, 2.75) is 11.8 Å². The third kappa shape index (κ3) is 3.17. The molecule has 0 bridgehead atoms. The Bertz CT molecular complexity index is 802. The van der Waals surface area contributed by atoms with Gasteiger partial charge in [0.1, 0.15) is 4.90 Å². The number of rotatable bonds is 4. The Balaban J connectivity index is 2.45. The highest BCUT2D eigenvalue weighted by atomic mass is 35.5. The molecule has 2 rings (SSSR count). The number of hydrogen-bond acceptors (Lipinski definition) is 3. The molecule has 0 saturated heterocycles. The number of sulfonamides is 1. The van der Waals surface area contributed by atoms with Crippen molar-refractivity contribution in [1.29, 1.82) is 0 Å². The van der Waals surface area contributed by atoms with Crippen LogP contribution in [0.4, 0.5) is 5.69 Å². The predicted octanol–water partition coefficient (Wildman–Crippen LogP) is 3.15. The Morgan fingerprint density at radius 1 is 1.14 bits per heavy atom. The van der Waals surface area contributed by atoms with E-state index in [0.717, 1.165) is 0 Å². The number of carbonyl (C=O) groups is 1. The zero-order chi connectivity index (χ0) is 15.6. The van der Waals surface area contributed by atoms with E-state index in [1.54, 1.807) is 12.1 Å². The van der Waals surface area contributed by atoms with Crippen molar-refractivity contribution in [3.63, 3.8) is 0 Å². The summed E-state index contributed by atoms with van der Waals surface area (Å²) in [6.07, 6.45) is 0. The first-order chi connectivity index (χ1) is 9.83. The lowest BCUT2D eigenvalue weighted by Gasteiger charge is -2.12. The second kappa shape index (κ2) is 5.75. The van der Waals surface area contributed by atoms with Crippen molar-refractivity contribution in [1.82, 2.24) is 0 Å². The number of anilines is 1. The second-order valence-electron chi connectivity index (χ2n) is 4.32. The maximum atomic E-state index is 12.3. The van der Waals surface area contributed by atoms with Gasteiger partial charge in [0, 0.05) is 0 Å². The minimum Gasteiger partial charge on any atom is -0.478 e. The molecule has 0 aliphatic carbocycles. The molecule has 7 heteroatoms. The summed E-state index contributed by atoms with van der Waals surface area (Å²) in [4.78, 5) is 11.0. The molecule has 0 aliphatic heterocycles. The summed E-state index contributed by atoms with van der Waals surface area (Å²) in [7, 11) is -3.88. The molecule has 5 nitrogen and oxygen atoms in total. The van der Waals surface area contributed by atoms with Crippen molar-refractivity contribution in [2.24, 2.45) is 0 Å². The Hall–Kier alpha value is -2.05. The van der Waals surface area contributed by atoms with Crippen molar-refractivity contribution >= 4 is 33.3 Å². The van der Waals surface area contributed by atoms with Crippen LogP contribution in [0.2, 0.25) is 5.02 Å². The monoisotopic (exact) mass is 325 g/mol. The fraction of sp³-hybridized carbons (Fsp3) is 0.0714. The quantitative estimate of drug-likeness (QED) is 0.904. The van der Waals surface area contributed by atoms with Gasteiger partial charge in [-0.05, 0) is 36.8 Å². The average Bonchev–Trinajstić information content (AvgIpc) is 2.41. The first-order valence-electron chi connectivity index (χ1n) is 5.93.